The molecule has 0 spiro atoms. The Hall–Kier alpha value is -0.120. The fraction of sp³-hybridized carbons (Fsp3) is 1.00. The zero-order valence-corrected chi connectivity index (χ0v) is 9.92. The first-order valence-electron chi connectivity index (χ1n) is 5.69. The summed E-state index contributed by atoms with van der Waals surface area (Å²) in [5, 5.41) is 3.43. The van der Waals surface area contributed by atoms with Crippen LogP contribution in [0.2, 0.25) is 0 Å². The van der Waals surface area contributed by atoms with E-state index < -0.39 is 0 Å². The first-order chi connectivity index (χ1) is 6.61. The second-order valence-electron chi connectivity index (χ2n) is 4.51. The maximum Gasteiger partial charge on any atom is 0.0597 e. The highest BCUT2D eigenvalue weighted by Crippen LogP contribution is 2.08. The average molecular weight is 200 g/mol. The maximum absolute atomic E-state index is 5.58. The Morgan fingerprint density at radius 3 is 2.36 bits per heavy atom. The lowest BCUT2D eigenvalue weighted by atomic mass is 10.1. The Balaban J connectivity index is 2.26. The molecular formula is C11H24N2O. The number of hydrogen-bond acceptors (Lipinski definition) is 3. The van der Waals surface area contributed by atoms with Crippen LogP contribution in [0.1, 0.15) is 27.7 Å². The van der Waals surface area contributed by atoms with Crippen LogP contribution in [-0.2, 0) is 4.74 Å². The molecule has 3 heteroatoms. The minimum Gasteiger partial charge on any atom is -0.377 e. The molecule has 0 radical (unpaired) electrons. The van der Waals surface area contributed by atoms with Crippen LogP contribution in [0.25, 0.3) is 0 Å². The molecule has 0 bridgehead atoms. The van der Waals surface area contributed by atoms with E-state index >= 15 is 0 Å². The fourth-order valence-electron chi connectivity index (χ4n) is 2.00. The van der Waals surface area contributed by atoms with Crippen LogP contribution in [-0.4, -0.2) is 49.3 Å². The Morgan fingerprint density at radius 1 is 1.29 bits per heavy atom. The molecule has 2 atom stereocenters. The van der Waals surface area contributed by atoms with Gasteiger partial charge in [0.1, 0.15) is 0 Å². The highest BCUT2D eigenvalue weighted by atomic mass is 16.5. The molecule has 3 nitrogen and oxygen atoms in total. The highest BCUT2D eigenvalue weighted by Gasteiger charge is 2.23. The molecule has 1 aliphatic heterocycles. The van der Waals surface area contributed by atoms with E-state index in [0.29, 0.717) is 18.2 Å². The van der Waals surface area contributed by atoms with Crippen LogP contribution >= 0.6 is 0 Å². The van der Waals surface area contributed by atoms with Gasteiger partial charge in [-0.1, -0.05) is 0 Å². The molecule has 0 aromatic heterocycles. The molecule has 1 fully saturated rings. The normalized spacial score (nSPS) is 29.8. The van der Waals surface area contributed by atoms with E-state index in [1.807, 2.05) is 0 Å². The largest absolute Gasteiger partial charge is 0.377 e. The average Bonchev–Trinajstić information content (AvgIpc) is 2.09. The van der Waals surface area contributed by atoms with E-state index in [1.165, 1.54) is 0 Å². The van der Waals surface area contributed by atoms with Gasteiger partial charge in [0.15, 0.2) is 0 Å². The van der Waals surface area contributed by atoms with Crippen molar-refractivity contribution in [1.29, 1.82) is 0 Å². The van der Waals surface area contributed by atoms with Crippen molar-refractivity contribution >= 4 is 0 Å². The van der Waals surface area contributed by atoms with Crippen molar-refractivity contribution < 1.29 is 4.74 Å². The molecule has 1 N–H and O–H groups in total. The molecule has 84 valence electrons. The summed E-state index contributed by atoms with van der Waals surface area (Å²) in [7, 11) is 0. The number of nitrogens with zero attached hydrogens (tertiary/aromatic N) is 1. The monoisotopic (exact) mass is 200 g/mol. The molecule has 1 saturated heterocycles. The van der Waals surface area contributed by atoms with E-state index in [0.717, 1.165) is 26.2 Å². The molecule has 0 aromatic rings. The van der Waals surface area contributed by atoms with Crippen LogP contribution in [0.15, 0.2) is 0 Å². The Bertz CT molecular complexity index is 151. The van der Waals surface area contributed by atoms with Gasteiger partial charge in [0, 0.05) is 31.7 Å². The highest BCUT2D eigenvalue weighted by molar-refractivity contribution is 4.82. The summed E-state index contributed by atoms with van der Waals surface area (Å²) in [5.41, 5.74) is 0. The lowest BCUT2D eigenvalue weighted by molar-refractivity contribution is 0.0303. The molecule has 0 saturated carbocycles. The number of ether oxygens (including phenoxy) is 1. The summed E-state index contributed by atoms with van der Waals surface area (Å²) in [4.78, 5) is 2.53. The first kappa shape index (κ1) is 12.0. The van der Waals surface area contributed by atoms with Gasteiger partial charge in [-0.15, -0.1) is 0 Å². The summed E-state index contributed by atoms with van der Waals surface area (Å²) in [6.45, 7) is 12.8. The Labute approximate surface area is 87.8 Å². The topological polar surface area (TPSA) is 24.5 Å². The summed E-state index contributed by atoms with van der Waals surface area (Å²) in [6, 6.07) is 1.27. The van der Waals surface area contributed by atoms with Gasteiger partial charge in [-0.3, -0.25) is 4.90 Å². The molecule has 1 rings (SSSR count). The zero-order chi connectivity index (χ0) is 10.6. The lowest BCUT2D eigenvalue weighted by Gasteiger charge is -2.39. The van der Waals surface area contributed by atoms with Gasteiger partial charge in [0.05, 0.1) is 12.7 Å². The summed E-state index contributed by atoms with van der Waals surface area (Å²) < 4.78 is 5.58. The summed E-state index contributed by atoms with van der Waals surface area (Å²) in [6.07, 6.45) is 0.350. The number of piperazine rings is 1. The van der Waals surface area contributed by atoms with Crippen molar-refractivity contribution in [2.75, 3.05) is 26.2 Å². The van der Waals surface area contributed by atoms with Gasteiger partial charge < -0.3 is 10.1 Å². The predicted molar refractivity (Wildman–Crippen MR) is 59.6 cm³/mol. The second-order valence-corrected chi connectivity index (χ2v) is 4.51. The number of rotatable bonds is 4. The van der Waals surface area contributed by atoms with Gasteiger partial charge in [-0.2, -0.15) is 0 Å². The van der Waals surface area contributed by atoms with Crippen LogP contribution < -0.4 is 5.32 Å². The molecule has 1 aliphatic rings. The first-order valence-corrected chi connectivity index (χ1v) is 5.69. The summed E-state index contributed by atoms with van der Waals surface area (Å²) >= 11 is 0. The zero-order valence-electron chi connectivity index (χ0n) is 9.92. The lowest BCUT2D eigenvalue weighted by Crippen LogP contribution is -2.55. The second kappa shape index (κ2) is 5.69. The predicted octanol–water partition coefficient (Wildman–Crippen LogP) is 1.09. The van der Waals surface area contributed by atoms with Crippen LogP contribution in [0.4, 0.5) is 0 Å². The molecule has 0 amide bonds. The van der Waals surface area contributed by atoms with Gasteiger partial charge in [-0.25, -0.2) is 0 Å². The SMILES string of the molecule is CC(C)OCCN1[C@H](C)CNC[C@@H]1C. The van der Waals surface area contributed by atoms with Crippen LogP contribution in [0, 0.1) is 0 Å². The van der Waals surface area contributed by atoms with Gasteiger partial charge >= 0.3 is 0 Å². The van der Waals surface area contributed by atoms with Crippen molar-refractivity contribution in [2.45, 2.75) is 45.9 Å². The Kier molecular flexibility index (Phi) is 4.85. The minimum absolute atomic E-state index is 0.350. The number of nitrogens with one attached hydrogen (secondary N) is 1. The maximum atomic E-state index is 5.58. The van der Waals surface area contributed by atoms with Crippen LogP contribution in [0.3, 0.4) is 0 Å². The van der Waals surface area contributed by atoms with Crippen molar-refractivity contribution in [3.63, 3.8) is 0 Å². The van der Waals surface area contributed by atoms with Crippen molar-refractivity contribution in [3.05, 3.63) is 0 Å². The smallest absolute Gasteiger partial charge is 0.0597 e. The van der Waals surface area contributed by atoms with E-state index in [4.69, 9.17) is 4.74 Å². The molecular weight excluding hydrogens is 176 g/mol. The molecule has 0 aromatic carbocycles. The molecule has 0 unspecified atom stereocenters. The third kappa shape index (κ3) is 3.56. The Morgan fingerprint density at radius 2 is 1.86 bits per heavy atom. The minimum atomic E-state index is 0.350. The number of hydrogen-bond donors (Lipinski definition) is 1. The molecule has 14 heavy (non-hydrogen) atoms. The standard InChI is InChI=1S/C11H24N2O/c1-9(2)14-6-5-13-10(3)7-12-8-11(13)4/h9-12H,5-8H2,1-4H3/t10-,11+. The van der Waals surface area contributed by atoms with E-state index in [9.17, 15) is 0 Å². The summed E-state index contributed by atoms with van der Waals surface area (Å²) in [5.74, 6) is 0. The van der Waals surface area contributed by atoms with Gasteiger partial charge in [0.25, 0.3) is 0 Å². The third-order valence-electron chi connectivity index (χ3n) is 2.81. The quantitative estimate of drug-likeness (QED) is 0.735. The van der Waals surface area contributed by atoms with Crippen LogP contribution in [0.5, 0.6) is 0 Å². The third-order valence-corrected chi connectivity index (χ3v) is 2.81. The van der Waals surface area contributed by atoms with E-state index in [1.54, 1.807) is 0 Å². The van der Waals surface area contributed by atoms with Gasteiger partial charge in [0.2, 0.25) is 0 Å². The van der Waals surface area contributed by atoms with Crippen molar-refractivity contribution in [1.82, 2.24) is 10.2 Å². The van der Waals surface area contributed by atoms with Crippen molar-refractivity contribution in [3.8, 4) is 0 Å². The van der Waals surface area contributed by atoms with Crippen molar-refractivity contribution in [2.24, 2.45) is 0 Å². The molecule has 1 heterocycles. The van der Waals surface area contributed by atoms with E-state index in [2.05, 4.69) is 37.9 Å². The van der Waals surface area contributed by atoms with E-state index in [-0.39, 0.29) is 0 Å². The molecule has 0 aliphatic carbocycles. The fourth-order valence-corrected chi connectivity index (χ4v) is 2.00. The van der Waals surface area contributed by atoms with Gasteiger partial charge in [-0.05, 0) is 27.7 Å².